The minimum Gasteiger partial charge on any atom is -0.395 e. The van der Waals surface area contributed by atoms with Crippen LogP contribution in [0.4, 0.5) is 0 Å². The van der Waals surface area contributed by atoms with Gasteiger partial charge in [-0.05, 0) is 57.2 Å². The molecule has 3 atom stereocenters. The fourth-order valence-corrected chi connectivity index (χ4v) is 4.32. The van der Waals surface area contributed by atoms with Crippen LogP contribution in [0.15, 0.2) is 0 Å². The minimum absolute atomic E-state index is 0.182. The predicted molar refractivity (Wildman–Crippen MR) is 97.9 cm³/mol. The van der Waals surface area contributed by atoms with Gasteiger partial charge in [0, 0.05) is 19.1 Å². The third-order valence-electron chi connectivity index (χ3n) is 6.16. The van der Waals surface area contributed by atoms with Gasteiger partial charge >= 0.3 is 0 Å². The Morgan fingerprint density at radius 3 is 2.58 bits per heavy atom. The van der Waals surface area contributed by atoms with Crippen molar-refractivity contribution in [3.8, 4) is 0 Å². The molecule has 0 spiro atoms. The molecule has 1 aliphatic heterocycles. The molecule has 1 amide bonds. The highest BCUT2D eigenvalue weighted by Crippen LogP contribution is 2.29. The van der Waals surface area contributed by atoms with Gasteiger partial charge in [-0.15, -0.1) is 0 Å². The zero-order valence-corrected chi connectivity index (χ0v) is 15.8. The molecular weight excluding hydrogens is 302 g/mol. The van der Waals surface area contributed by atoms with Crippen molar-refractivity contribution in [3.63, 3.8) is 0 Å². The summed E-state index contributed by atoms with van der Waals surface area (Å²) in [6.45, 7) is 9.28. The van der Waals surface area contributed by atoms with Crippen LogP contribution in [0.2, 0.25) is 0 Å². The molecule has 0 bridgehead atoms. The van der Waals surface area contributed by atoms with E-state index in [-0.39, 0.29) is 12.5 Å². The number of β-amino-alcohol motifs (C(OH)–C–C–N with tert-alkyl or cyclic N) is 1. The lowest BCUT2D eigenvalue weighted by Gasteiger charge is -2.35. The van der Waals surface area contributed by atoms with Crippen molar-refractivity contribution in [2.45, 2.75) is 52.0 Å². The van der Waals surface area contributed by atoms with E-state index in [1.807, 2.05) is 0 Å². The summed E-state index contributed by atoms with van der Waals surface area (Å²) in [6, 6.07) is 0.358. The van der Waals surface area contributed by atoms with Gasteiger partial charge in [0.1, 0.15) is 0 Å². The Morgan fingerprint density at radius 1 is 1.21 bits per heavy atom. The number of carbonyl (C=O) groups excluding carboxylic acids is 1. The third kappa shape index (κ3) is 6.01. The molecule has 1 aliphatic carbocycles. The Balaban J connectivity index is 1.66. The first kappa shape index (κ1) is 19.7. The number of rotatable bonds is 7. The fraction of sp³-hybridized carbons (Fsp3) is 0.947. The summed E-state index contributed by atoms with van der Waals surface area (Å²) in [7, 11) is 2.06. The van der Waals surface area contributed by atoms with Gasteiger partial charge in [-0.25, -0.2) is 0 Å². The summed E-state index contributed by atoms with van der Waals surface area (Å²) in [5.41, 5.74) is 0. The molecule has 0 unspecified atom stereocenters. The highest BCUT2D eigenvalue weighted by molar-refractivity contribution is 5.78. The quantitative estimate of drug-likeness (QED) is 0.739. The molecule has 2 aliphatic rings. The van der Waals surface area contributed by atoms with E-state index < -0.39 is 0 Å². The number of likely N-dealkylation sites (tertiary alicyclic amines) is 1. The summed E-state index contributed by atoms with van der Waals surface area (Å²) in [6.07, 6.45) is 6.00. The van der Waals surface area contributed by atoms with Gasteiger partial charge in [-0.2, -0.15) is 0 Å². The molecule has 140 valence electrons. The Bertz CT molecular complexity index is 383. The maximum Gasteiger partial charge on any atom is 0.234 e. The lowest BCUT2D eigenvalue weighted by molar-refractivity contribution is -0.123. The molecule has 5 heteroatoms. The first-order valence-electron chi connectivity index (χ1n) is 9.80. The highest BCUT2D eigenvalue weighted by atomic mass is 16.3. The van der Waals surface area contributed by atoms with Gasteiger partial charge in [-0.3, -0.25) is 9.69 Å². The molecule has 0 aromatic carbocycles. The van der Waals surface area contributed by atoms with Gasteiger partial charge in [0.15, 0.2) is 0 Å². The minimum atomic E-state index is 0.182. The molecule has 0 radical (unpaired) electrons. The zero-order valence-electron chi connectivity index (χ0n) is 15.8. The van der Waals surface area contributed by atoms with Crippen LogP contribution in [0, 0.1) is 17.8 Å². The standard InChI is InChI=1S/C19H37N3O2/c1-15-5-4-6-18(16(15)2)20-19(24)14-21(3)13-17-7-9-22(10-8-17)11-12-23/h15-18,23H,4-14H2,1-3H3,(H,20,24)/t15-,16+,18-/m1/s1. The van der Waals surface area contributed by atoms with Gasteiger partial charge in [0.05, 0.1) is 13.2 Å². The van der Waals surface area contributed by atoms with Gasteiger partial charge in [0.2, 0.25) is 5.91 Å². The van der Waals surface area contributed by atoms with Crippen LogP contribution < -0.4 is 5.32 Å². The normalized spacial score (nSPS) is 29.8. The first-order valence-corrected chi connectivity index (χ1v) is 9.80. The van der Waals surface area contributed by atoms with E-state index in [0.717, 1.165) is 32.6 Å². The van der Waals surface area contributed by atoms with Crippen LogP contribution >= 0.6 is 0 Å². The van der Waals surface area contributed by atoms with Crippen molar-refractivity contribution in [1.29, 1.82) is 0 Å². The van der Waals surface area contributed by atoms with E-state index in [1.165, 1.54) is 25.7 Å². The van der Waals surface area contributed by atoms with E-state index in [2.05, 4.69) is 36.0 Å². The molecule has 24 heavy (non-hydrogen) atoms. The molecule has 5 nitrogen and oxygen atoms in total. The van der Waals surface area contributed by atoms with E-state index in [1.54, 1.807) is 0 Å². The summed E-state index contributed by atoms with van der Waals surface area (Å²) in [4.78, 5) is 16.9. The van der Waals surface area contributed by atoms with Crippen molar-refractivity contribution >= 4 is 5.91 Å². The maximum atomic E-state index is 12.4. The van der Waals surface area contributed by atoms with E-state index in [4.69, 9.17) is 5.11 Å². The van der Waals surface area contributed by atoms with E-state index >= 15 is 0 Å². The van der Waals surface area contributed by atoms with Gasteiger partial charge < -0.3 is 15.3 Å². The predicted octanol–water partition coefficient (Wildman–Crippen LogP) is 1.56. The first-order chi connectivity index (χ1) is 11.5. The Kier molecular flexibility index (Phi) is 7.98. The van der Waals surface area contributed by atoms with Crippen LogP contribution in [0.3, 0.4) is 0 Å². The van der Waals surface area contributed by atoms with Crippen molar-refractivity contribution in [1.82, 2.24) is 15.1 Å². The maximum absolute atomic E-state index is 12.4. The lowest BCUT2D eigenvalue weighted by atomic mass is 9.78. The molecule has 2 N–H and O–H groups in total. The number of carbonyl (C=O) groups is 1. The third-order valence-corrected chi connectivity index (χ3v) is 6.16. The number of aliphatic hydroxyl groups excluding tert-OH is 1. The van der Waals surface area contributed by atoms with Crippen molar-refractivity contribution < 1.29 is 9.90 Å². The molecule has 0 aromatic rings. The Morgan fingerprint density at radius 2 is 1.92 bits per heavy atom. The molecule has 1 saturated carbocycles. The number of likely N-dealkylation sites (N-methyl/N-ethyl adjacent to an activating group) is 1. The fourth-order valence-electron chi connectivity index (χ4n) is 4.32. The number of hydrogen-bond donors (Lipinski definition) is 2. The second kappa shape index (κ2) is 9.73. The van der Waals surface area contributed by atoms with Crippen LogP contribution in [0.1, 0.15) is 46.0 Å². The van der Waals surface area contributed by atoms with Gasteiger partial charge in [0.25, 0.3) is 0 Å². The zero-order chi connectivity index (χ0) is 17.5. The second-order valence-corrected chi connectivity index (χ2v) is 8.15. The average Bonchev–Trinajstić information content (AvgIpc) is 2.54. The van der Waals surface area contributed by atoms with Gasteiger partial charge in [-0.1, -0.05) is 26.7 Å². The number of aliphatic hydroxyl groups is 1. The van der Waals surface area contributed by atoms with Crippen LogP contribution in [-0.4, -0.2) is 73.2 Å². The van der Waals surface area contributed by atoms with Crippen LogP contribution in [0.5, 0.6) is 0 Å². The Hall–Kier alpha value is -0.650. The van der Waals surface area contributed by atoms with Crippen molar-refractivity contribution in [2.24, 2.45) is 17.8 Å². The highest BCUT2D eigenvalue weighted by Gasteiger charge is 2.28. The van der Waals surface area contributed by atoms with Crippen LogP contribution in [0.25, 0.3) is 0 Å². The number of piperidine rings is 1. The molecular formula is C19H37N3O2. The molecule has 0 aromatic heterocycles. The number of nitrogens with zero attached hydrogens (tertiary/aromatic N) is 2. The summed E-state index contributed by atoms with van der Waals surface area (Å²) in [5, 5.41) is 12.3. The number of nitrogens with one attached hydrogen (secondary N) is 1. The molecule has 2 rings (SSSR count). The lowest BCUT2D eigenvalue weighted by Crippen LogP contribution is -2.47. The van der Waals surface area contributed by atoms with Crippen LogP contribution in [-0.2, 0) is 4.79 Å². The Labute approximate surface area is 147 Å². The summed E-state index contributed by atoms with van der Waals surface area (Å²) in [5.74, 6) is 2.15. The smallest absolute Gasteiger partial charge is 0.234 e. The summed E-state index contributed by atoms with van der Waals surface area (Å²) >= 11 is 0. The number of hydrogen-bond acceptors (Lipinski definition) is 4. The second-order valence-electron chi connectivity index (χ2n) is 8.15. The van der Waals surface area contributed by atoms with Crippen molar-refractivity contribution in [3.05, 3.63) is 0 Å². The largest absolute Gasteiger partial charge is 0.395 e. The monoisotopic (exact) mass is 339 g/mol. The SMILES string of the molecule is C[C@H]1[C@H](C)CCC[C@H]1NC(=O)CN(C)CC1CCN(CCO)CC1. The topological polar surface area (TPSA) is 55.8 Å². The van der Waals surface area contributed by atoms with E-state index in [0.29, 0.717) is 30.3 Å². The molecule has 1 heterocycles. The van der Waals surface area contributed by atoms with Crippen molar-refractivity contribution in [2.75, 3.05) is 46.4 Å². The average molecular weight is 340 g/mol. The van der Waals surface area contributed by atoms with E-state index in [9.17, 15) is 4.79 Å². The number of amides is 1. The molecule has 2 fully saturated rings. The molecule has 1 saturated heterocycles. The summed E-state index contributed by atoms with van der Waals surface area (Å²) < 4.78 is 0.